The van der Waals surface area contributed by atoms with Crippen molar-refractivity contribution < 1.29 is 38.6 Å². The molecule has 1 aromatic rings. The van der Waals surface area contributed by atoms with Crippen LogP contribution in [0.1, 0.15) is 23.7 Å². The number of benzene rings is 1. The SMILES string of the molecule is COc1cccc(C(=O)OOOC(=O)OCCC(C)OC)c1. The Kier molecular flexibility index (Phi) is 7.73. The van der Waals surface area contributed by atoms with E-state index in [1.54, 1.807) is 19.2 Å². The second-order valence-corrected chi connectivity index (χ2v) is 4.19. The summed E-state index contributed by atoms with van der Waals surface area (Å²) in [4.78, 5) is 31.1. The predicted octanol–water partition coefficient (Wildman–Crippen LogP) is 2.28. The van der Waals surface area contributed by atoms with E-state index in [0.29, 0.717) is 12.2 Å². The smallest absolute Gasteiger partial charge is 0.497 e. The van der Waals surface area contributed by atoms with Crippen LogP contribution in [0.2, 0.25) is 0 Å². The van der Waals surface area contributed by atoms with Gasteiger partial charge in [0.2, 0.25) is 0 Å². The van der Waals surface area contributed by atoms with Gasteiger partial charge in [0.15, 0.2) is 0 Å². The molecule has 8 heteroatoms. The molecule has 0 aliphatic rings. The molecule has 0 saturated heterocycles. The van der Waals surface area contributed by atoms with Crippen LogP contribution in [0.15, 0.2) is 24.3 Å². The number of ether oxygens (including phenoxy) is 3. The Morgan fingerprint density at radius 2 is 1.95 bits per heavy atom. The minimum atomic E-state index is -1.12. The summed E-state index contributed by atoms with van der Waals surface area (Å²) in [6, 6.07) is 6.18. The summed E-state index contributed by atoms with van der Waals surface area (Å²) in [6.07, 6.45) is -0.684. The van der Waals surface area contributed by atoms with E-state index in [1.165, 1.54) is 19.2 Å². The van der Waals surface area contributed by atoms with Crippen molar-refractivity contribution in [2.45, 2.75) is 19.4 Å². The fourth-order valence-corrected chi connectivity index (χ4v) is 1.32. The molecule has 0 aliphatic carbocycles. The first kappa shape index (κ1) is 17.7. The molecule has 22 heavy (non-hydrogen) atoms. The third-order valence-electron chi connectivity index (χ3n) is 2.66. The van der Waals surface area contributed by atoms with Crippen molar-refractivity contribution in [3.8, 4) is 5.75 Å². The van der Waals surface area contributed by atoms with Crippen LogP contribution < -0.4 is 4.74 Å². The third kappa shape index (κ3) is 6.42. The second-order valence-electron chi connectivity index (χ2n) is 4.19. The van der Waals surface area contributed by atoms with Gasteiger partial charge in [0, 0.05) is 13.5 Å². The molecule has 0 N–H and O–H groups in total. The maximum atomic E-state index is 11.6. The van der Waals surface area contributed by atoms with Crippen LogP contribution in [0.5, 0.6) is 5.75 Å². The zero-order chi connectivity index (χ0) is 16.4. The number of hydrogen-bond donors (Lipinski definition) is 0. The second kappa shape index (κ2) is 9.59. The molecule has 1 rings (SSSR count). The molecule has 0 amide bonds. The van der Waals surface area contributed by atoms with Crippen molar-refractivity contribution in [2.24, 2.45) is 0 Å². The first-order valence-corrected chi connectivity index (χ1v) is 6.46. The first-order chi connectivity index (χ1) is 10.6. The number of carbonyl (C=O) groups excluding carboxylic acids is 2. The molecule has 0 saturated carbocycles. The zero-order valence-electron chi connectivity index (χ0n) is 12.6. The lowest BCUT2D eigenvalue weighted by molar-refractivity contribution is -0.452. The molecular weight excluding hydrogens is 296 g/mol. The van der Waals surface area contributed by atoms with E-state index in [2.05, 4.69) is 19.6 Å². The van der Waals surface area contributed by atoms with Crippen molar-refractivity contribution in [3.05, 3.63) is 29.8 Å². The molecular formula is C14H18O8. The molecule has 0 bridgehead atoms. The molecule has 1 aromatic carbocycles. The van der Waals surface area contributed by atoms with Gasteiger partial charge in [0.1, 0.15) is 5.75 Å². The van der Waals surface area contributed by atoms with Gasteiger partial charge < -0.3 is 14.2 Å². The summed E-state index contributed by atoms with van der Waals surface area (Å²) >= 11 is 0. The zero-order valence-corrected chi connectivity index (χ0v) is 12.6. The lowest BCUT2D eigenvalue weighted by Gasteiger charge is -2.08. The highest BCUT2D eigenvalue weighted by Gasteiger charge is 2.13. The molecule has 0 radical (unpaired) electrons. The normalized spacial score (nSPS) is 11.4. The predicted molar refractivity (Wildman–Crippen MR) is 73.0 cm³/mol. The van der Waals surface area contributed by atoms with Crippen LogP contribution in [0.25, 0.3) is 0 Å². The monoisotopic (exact) mass is 314 g/mol. The van der Waals surface area contributed by atoms with E-state index in [0.717, 1.165) is 0 Å². The van der Waals surface area contributed by atoms with Crippen LogP contribution in [-0.4, -0.2) is 39.1 Å². The van der Waals surface area contributed by atoms with Crippen LogP contribution >= 0.6 is 0 Å². The fourth-order valence-electron chi connectivity index (χ4n) is 1.32. The molecule has 1 unspecified atom stereocenters. The standard InChI is InChI=1S/C14H18O8/c1-10(17-2)7-8-19-14(16)21-22-20-13(15)11-5-4-6-12(9-11)18-3/h4-6,9-10H,7-8H2,1-3H3. The molecule has 122 valence electrons. The molecule has 1 atom stereocenters. The van der Waals surface area contributed by atoms with Crippen molar-refractivity contribution in [1.82, 2.24) is 0 Å². The highest BCUT2D eigenvalue weighted by atomic mass is 17.5. The number of hydrogen-bond acceptors (Lipinski definition) is 8. The van der Waals surface area contributed by atoms with E-state index in [-0.39, 0.29) is 18.3 Å². The number of carbonyl (C=O) groups is 2. The van der Waals surface area contributed by atoms with Crippen molar-refractivity contribution in [2.75, 3.05) is 20.8 Å². The molecule has 0 aliphatic heterocycles. The molecule has 0 aromatic heterocycles. The van der Waals surface area contributed by atoms with Crippen LogP contribution in [-0.2, 0) is 24.3 Å². The lowest BCUT2D eigenvalue weighted by atomic mass is 10.2. The summed E-state index contributed by atoms with van der Waals surface area (Å²) in [5, 5.41) is 4.07. The quantitative estimate of drug-likeness (QED) is 0.410. The average molecular weight is 314 g/mol. The molecule has 8 nitrogen and oxygen atoms in total. The number of methoxy groups -OCH3 is 2. The molecule has 0 heterocycles. The fraction of sp³-hybridized carbons (Fsp3) is 0.429. The van der Waals surface area contributed by atoms with Gasteiger partial charge in [-0.05, 0) is 25.1 Å². The van der Waals surface area contributed by atoms with E-state index >= 15 is 0 Å². The Morgan fingerprint density at radius 3 is 2.64 bits per heavy atom. The summed E-state index contributed by atoms with van der Waals surface area (Å²) in [6.45, 7) is 1.90. The topological polar surface area (TPSA) is 89.5 Å². The lowest BCUT2D eigenvalue weighted by Crippen LogP contribution is -2.15. The maximum Gasteiger partial charge on any atom is 0.543 e. The van der Waals surface area contributed by atoms with Gasteiger partial charge in [-0.3, -0.25) is 4.89 Å². The number of rotatable bonds is 8. The van der Waals surface area contributed by atoms with E-state index < -0.39 is 12.1 Å². The minimum absolute atomic E-state index is 0.0559. The van der Waals surface area contributed by atoms with Gasteiger partial charge in [-0.15, -0.1) is 0 Å². The van der Waals surface area contributed by atoms with E-state index in [4.69, 9.17) is 9.47 Å². The van der Waals surface area contributed by atoms with Gasteiger partial charge >= 0.3 is 12.1 Å². The Morgan fingerprint density at radius 1 is 1.18 bits per heavy atom. The Bertz CT molecular complexity index is 487. The van der Waals surface area contributed by atoms with E-state index in [9.17, 15) is 9.59 Å². The van der Waals surface area contributed by atoms with Gasteiger partial charge in [-0.25, -0.2) is 14.5 Å². The molecule has 0 fully saturated rings. The van der Waals surface area contributed by atoms with Crippen molar-refractivity contribution in [1.29, 1.82) is 0 Å². The van der Waals surface area contributed by atoms with Gasteiger partial charge in [0.25, 0.3) is 0 Å². The highest BCUT2D eigenvalue weighted by Crippen LogP contribution is 2.13. The van der Waals surface area contributed by atoms with Crippen LogP contribution in [0.3, 0.4) is 0 Å². The summed E-state index contributed by atoms with van der Waals surface area (Å²) in [7, 11) is 3.01. The minimum Gasteiger partial charge on any atom is -0.497 e. The summed E-state index contributed by atoms with van der Waals surface area (Å²) in [5.41, 5.74) is 0.172. The first-order valence-electron chi connectivity index (χ1n) is 6.46. The van der Waals surface area contributed by atoms with Gasteiger partial charge in [0.05, 0.1) is 30.4 Å². The Labute approximate surface area is 127 Å². The Balaban J connectivity index is 2.25. The summed E-state index contributed by atoms with van der Waals surface area (Å²) < 4.78 is 14.6. The average Bonchev–Trinajstić information content (AvgIpc) is 2.54. The largest absolute Gasteiger partial charge is 0.543 e. The van der Waals surface area contributed by atoms with Crippen molar-refractivity contribution >= 4 is 12.1 Å². The van der Waals surface area contributed by atoms with Crippen LogP contribution in [0, 0.1) is 0 Å². The van der Waals surface area contributed by atoms with Crippen LogP contribution in [0.4, 0.5) is 4.79 Å². The van der Waals surface area contributed by atoms with E-state index in [1.807, 2.05) is 6.92 Å². The van der Waals surface area contributed by atoms with Gasteiger partial charge in [-0.1, -0.05) is 6.07 Å². The summed E-state index contributed by atoms with van der Waals surface area (Å²) in [5.74, 6) is -0.373. The maximum absolute atomic E-state index is 11.6. The Hall–Kier alpha value is -2.32. The highest BCUT2D eigenvalue weighted by molar-refractivity contribution is 5.89. The van der Waals surface area contributed by atoms with Gasteiger partial charge in [-0.2, -0.15) is 0 Å². The molecule has 0 spiro atoms. The third-order valence-corrected chi connectivity index (χ3v) is 2.66. The van der Waals surface area contributed by atoms with Crippen molar-refractivity contribution in [3.63, 3.8) is 0 Å².